The number of ether oxygens (including phenoxy) is 4. The Bertz CT molecular complexity index is 631. The molecular formula is C19H23ClO4. The predicted molar refractivity (Wildman–Crippen MR) is 95.6 cm³/mol. The van der Waals surface area contributed by atoms with E-state index in [-0.39, 0.29) is 0 Å². The van der Waals surface area contributed by atoms with E-state index in [2.05, 4.69) is 0 Å². The highest BCUT2D eigenvalue weighted by Crippen LogP contribution is 2.21. The molecule has 0 bridgehead atoms. The van der Waals surface area contributed by atoms with Gasteiger partial charge < -0.3 is 18.9 Å². The fraction of sp³-hybridized carbons (Fsp3) is 0.368. The number of rotatable bonds is 10. The maximum absolute atomic E-state index is 5.97. The van der Waals surface area contributed by atoms with E-state index in [9.17, 15) is 0 Å². The van der Waals surface area contributed by atoms with E-state index in [1.807, 2.05) is 56.3 Å². The second-order valence-electron chi connectivity index (χ2n) is 5.13. The summed E-state index contributed by atoms with van der Waals surface area (Å²) in [5, 5.41) is 0.740. The highest BCUT2D eigenvalue weighted by atomic mass is 35.5. The van der Waals surface area contributed by atoms with Gasteiger partial charge in [-0.25, -0.2) is 0 Å². The summed E-state index contributed by atoms with van der Waals surface area (Å²) in [5.74, 6) is 2.38. The van der Waals surface area contributed by atoms with Crippen LogP contribution in [0.4, 0.5) is 0 Å². The van der Waals surface area contributed by atoms with Crippen molar-refractivity contribution in [3.8, 4) is 17.2 Å². The molecule has 0 saturated heterocycles. The van der Waals surface area contributed by atoms with Crippen molar-refractivity contribution in [3.05, 3.63) is 53.1 Å². The average molecular weight is 351 g/mol. The molecule has 0 N–H and O–H groups in total. The molecule has 5 heteroatoms. The molecule has 2 rings (SSSR count). The van der Waals surface area contributed by atoms with Crippen LogP contribution in [0.25, 0.3) is 0 Å². The molecule has 0 heterocycles. The first kappa shape index (κ1) is 18.4. The first-order valence-corrected chi connectivity index (χ1v) is 8.39. The second-order valence-corrected chi connectivity index (χ2v) is 5.54. The molecule has 0 saturated carbocycles. The van der Waals surface area contributed by atoms with Crippen LogP contribution in [0.5, 0.6) is 17.2 Å². The third kappa shape index (κ3) is 6.30. The minimum Gasteiger partial charge on any atom is -0.494 e. The van der Waals surface area contributed by atoms with Crippen molar-refractivity contribution in [3.63, 3.8) is 0 Å². The van der Waals surface area contributed by atoms with Crippen molar-refractivity contribution in [2.24, 2.45) is 0 Å². The molecule has 4 nitrogen and oxygen atoms in total. The lowest BCUT2D eigenvalue weighted by atomic mass is 10.2. The molecule has 0 radical (unpaired) electrons. The highest BCUT2D eigenvalue weighted by molar-refractivity contribution is 6.31. The van der Waals surface area contributed by atoms with Crippen molar-refractivity contribution in [2.45, 2.75) is 13.8 Å². The molecule has 0 aromatic heterocycles. The molecule has 0 amide bonds. The average Bonchev–Trinajstić information content (AvgIpc) is 2.58. The van der Waals surface area contributed by atoms with E-state index >= 15 is 0 Å². The fourth-order valence-electron chi connectivity index (χ4n) is 2.07. The molecule has 0 aliphatic heterocycles. The summed E-state index contributed by atoms with van der Waals surface area (Å²) in [4.78, 5) is 0. The van der Waals surface area contributed by atoms with Gasteiger partial charge >= 0.3 is 0 Å². The maximum atomic E-state index is 5.97. The second kappa shape index (κ2) is 10.1. The SMILES string of the molecule is CCOc1cccc(OCCOCCOc2ccc(Cl)c(C)c2)c1. The predicted octanol–water partition coefficient (Wildman–Crippen LogP) is 4.52. The summed E-state index contributed by atoms with van der Waals surface area (Å²) < 4.78 is 22.2. The van der Waals surface area contributed by atoms with E-state index in [1.165, 1.54) is 0 Å². The number of hydrogen-bond donors (Lipinski definition) is 0. The summed E-state index contributed by atoms with van der Waals surface area (Å²) in [6.07, 6.45) is 0. The third-order valence-electron chi connectivity index (χ3n) is 3.24. The van der Waals surface area contributed by atoms with Crippen LogP contribution in [0, 0.1) is 6.92 Å². The first-order valence-electron chi connectivity index (χ1n) is 8.01. The van der Waals surface area contributed by atoms with Gasteiger partial charge in [0.05, 0.1) is 19.8 Å². The first-order chi connectivity index (χ1) is 11.7. The van der Waals surface area contributed by atoms with Crippen LogP contribution in [0.2, 0.25) is 5.02 Å². The van der Waals surface area contributed by atoms with Gasteiger partial charge in [-0.2, -0.15) is 0 Å². The van der Waals surface area contributed by atoms with Gasteiger partial charge in [-0.05, 0) is 49.7 Å². The number of hydrogen-bond acceptors (Lipinski definition) is 4. The largest absolute Gasteiger partial charge is 0.494 e. The molecule has 0 atom stereocenters. The summed E-state index contributed by atoms with van der Waals surface area (Å²) in [7, 11) is 0. The van der Waals surface area contributed by atoms with Gasteiger partial charge in [0.1, 0.15) is 30.5 Å². The Balaban J connectivity index is 1.58. The van der Waals surface area contributed by atoms with Crippen molar-refractivity contribution in [1.82, 2.24) is 0 Å². The van der Waals surface area contributed by atoms with Gasteiger partial charge in [-0.1, -0.05) is 17.7 Å². The zero-order valence-electron chi connectivity index (χ0n) is 14.1. The van der Waals surface area contributed by atoms with Gasteiger partial charge in [-0.15, -0.1) is 0 Å². The molecule has 0 unspecified atom stereocenters. The molecule has 24 heavy (non-hydrogen) atoms. The lowest BCUT2D eigenvalue weighted by Crippen LogP contribution is -2.12. The molecule has 0 spiro atoms. The van der Waals surface area contributed by atoms with Crippen LogP contribution in [0.3, 0.4) is 0 Å². The monoisotopic (exact) mass is 350 g/mol. The molecule has 2 aromatic rings. The minimum atomic E-state index is 0.482. The summed E-state index contributed by atoms with van der Waals surface area (Å²) >= 11 is 5.97. The molecule has 2 aromatic carbocycles. The van der Waals surface area contributed by atoms with Crippen molar-refractivity contribution in [1.29, 1.82) is 0 Å². The Hall–Kier alpha value is -1.91. The van der Waals surface area contributed by atoms with Crippen molar-refractivity contribution < 1.29 is 18.9 Å². The fourth-order valence-corrected chi connectivity index (χ4v) is 2.18. The third-order valence-corrected chi connectivity index (χ3v) is 3.66. The van der Waals surface area contributed by atoms with Gasteiger partial charge in [0.25, 0.3) is 0 Å². The van der Waals surface area contributed by atoms with Crippen LogP contribution in [-0.2, 0) is 4.74 Å². The molecule has 0 fully saturated rings. The molecule has 130 valence electrons. The lowest BCUT2D eigenvalue weighted by molar-refractivity contribution is 0.0763. The highest BCUT2D eigenvalue weighted by Gasteiger charge is 2.00. The van der Waals surface area contributed by atoms with Crippen molar-refractivity contribution in [2.75, 3.05) is 33.0 Å². The van der Waals surface area contributed by atoms with E-state index in [4.69, 9.17) is 30.5 Å². The lowest BCUT2D eigenvalue weighted by Gasteiger charge is -2.10. The number of aryl methyl sites for hydroxylation is 1. The van der Waals surface area contributed by atoms with Crippen LogP contribution in [0.1, 0.15) is 12.5 Å². The summed E-state index contributed by atoms with van der Waals surface area (Å²) in [6, 6.07) is 13.2. The van der Waals surface area contributed by atoms with E-state index in [1.54, 1.807) is 0 Å². The Morgan fingerprint density at radius 2 is 1.42 bits per heavy atom. The minimum absolute atomic E-state index is 0.482. The quantitative estimate of drug-likeness (QED) is 0.590. The number of halogens is 1. The maximum Gasteiger partial charge on any atom is 0.123 e. The Morgan fingerprint density at radius 1 is 0.792 bits per heavy atom. The Kier molecular flexibility index (Phi) is 7.72. The molecule has 0 aliphatic carbocycles. The standard InChI is InChI=1S/C19H23ClO4/c1-3-22-16-5-4-6-17(14-16)23-11-9-21-10-12-24-18-7-8-19(20)15(2)13-18/h4-8,13-14H,3,9-12H2,1-2H3. The van der Waals surface area contributed by atoms with Crippen LogP contribution < -0.4 is 14.2 Å². The van der Waals surface area contributed by atoms with Crippen LogP contribution in [-0.4, -0.2) is 33.0 Å². The normalized spacial score (nSPS) is 10.5. The Labute approximate surface area is 148 Å². The molecule has 0 aliphatic rings. The topological polar surface area (TPSA) is 36.9 Å². The van der Waals surface area contributed by atoms with Crippen LogP contribution >= 0.6 is 11.6 Å². The molecular weight excluding hydrogens is 328 g/mol. The zero-order valence-corrected chi connectivity index (χ0v) is 14.8. The zero-order chi connectivity index (χ0) is 17.2. The smallest absolute Gasteiger partial charge is 0.123 e. The van der Waals surface area contributed by atoms with Crippen molar-refractivity contribution >= 4 is 11.6 Å². The van der Waals surface area contributed by atoms with Gasteiger partial charge in [0.2, 0.25) is 0 Å². The van der Waals surface area contributed by atoms with Gasteiger partial charge in [0.15, 0.2) is 0 Å². The summed E-state index contributed by atoms with van der Waals surface area (Å²) in [6.45, 7) is 6.51. The summed E-state index contributed by atoms with van der Waals surface area (Å²) in [5.41, 5.74) is 0.998. The van der Waals surface area contributed by atoms with E-state index in [0.717, 1.165) is 27.8 Å². The van der Waals surface area contributed by atoms with Crippen LogP contribution in [0.15, 0.2) is 42.5 Å². The van der Waals surface area contributed by atoms with Gasteiger partial charge in [-0.3, -0.25) is 0 Å². The van der Waals surface area contributed by atoms with Gasteiger partial charge in [0, 0.05) is 11.1 Å². The number of benzene rings is 2. The Morgan fingerprint density at radius 3 is 2.04 bits per heavy atom. The van der Waals surface area contributed by atoms with E-state index in [0.29, 0.717) is 33.0 Å². The van der Waals surface area contributed by atoms with E-state index < -0.39 is 0 Å².